The molecule has 0 aliphatic carbocycles. The summed E-state index contributed by atoms with van der Waals surface area (Å²) in [6.07, 6.45) is 3.81. The van der Waals surface area contributed by atoms with Crippen LogP contribution in [0.15, 0.2) is 23.4 Å². The van der Waals surface area contributed by atoms with Gasteiger partial charge in [0.15, 0.2) is 0 Å². The molecule has 60 valence electrons. The third kappa shape index (κ3) is 1.74. The van der Waals surface area contributed by atoms with E-state index in [1.54, 1.807) is 12.2 Å². The normalized spacial score (nSPS) is 22.0. The van der Waals surface area contributed by atoms with Gasteiger partial charge < -0.3 is 9.47 Å². The fourth-order valence-corrected chi connectivity index (χ4v) is 0.896. The van der Waals surface area contributed by atoms with Crippen molar-refractivity contribution in [2.24, 2.45) is 0 Å². The largest absolute Gasteiger partial charge is 0.481 e. The Hall–Kier alpha value is -0.960. The van der Waals surface area contributed by atoms with Crippen LogP contribution < -0.4 is 0 Å². The maximum atomic E-state index is 10.9. The molecule has 0 spiro atoms. The average Bonchev–Trinajstić information content (AvgIpc) is 2.04. The lowest BCUT2D eigenvalue weighted by Crippen LogP contribution is -2.25. The predicted octanol–water partition coefficient (Wildman–Crippen LogP) is 1.19. The molecule has 0 aromatic heterocycles. The van der Waals surface area contributed by atoms with Crippen LogP contribution in [0.2, 0.25) is 0 Å². The van der Waals surface area contributed by atoms with Crippen LogP contribution in [0.1, 0.15) is 0 Å². The zero-order valence-electron chi connectivity index (χ0n) is 5.91. The Morgan fingerprint density at radius 1 is 1.82 bits per heavy atom. The van der Waals surface area contributed by atoms with Crippen LogP contribution in [0.3, 0.4) is 0 Å². The Labute approximate surface area is 69.2 Å². The van der Waals surface area contributed by atoms with Crippen molar-refractivity contribution in [3.8, 4) is 0 Å². The van der Waals surface area contributed by atoms with Crippen molar-refractivity contribution >= 4 is 17.6 Å². The van der Waals surface area contributed by atoms with Gasteiger partial charge in [-0.1, -0.05) is 11.6 Å². The molecule has 4 heteroatoms. The second-order valence-corrected chi connectivity index (χ2v) is 2.36. The molecule has 1 heterocycles. The molecule has 0 amide bonds. The van der Waals surface area contributed by atoms with Gasteiger partial charge in [0, 0.05) is 0 Å². The predicted molar refractivity (Wildman–Crippen MR) is 40.0 cm³/mol. The highest BCUT2D eigenvalue weighted by Crippen LogP contribution is 2.17. The Balaban J connectivity index is 2.68. The average molecular weight is 175 g/mol. The smallest absolute Gasteiger partial charge is 0.352 e. The molecule has 1 aliphatic heterocycles. The summed E-state index contributed by atoms with van der Waals surface area (Å²) in [6, 6.07) is 0. The van der Waals surface area contributed by atoms with Crippen molar-refractivity contribution in [2.45, 2.75) is 6.10 Å². The van der Waals surface area contributed by atoms with Crippen LogP contribution in [-0.2, 0) is 14.3 Å². The fourth-order valence-electron chi connectivity index (χ4n) is 0.683. The van der Waals surface area contributed by atoms with E-state index >= 15 is 0 Å². The third-order valence-electron chi connectivity index (χ3n) is 1.21. The van der Waals surface area contributed by atoms with Crippen LogP contribution in [0.25, 0.3) is 0 Å². The van der Waals surface area contributed by atoms with E-state index in [-0.39, 0.29) is 0 Å². The van der Waals surface area contributed by atoms with Crippen LogP contribution in [0.5, 0.6) is 0 Å². The maximum Gasteiger partial charge on any atom is 0.352 e. The number of allylic oxidation sites excluding steroid dienone is 2. The molecular weight excluding hydrogens is 168 g/mol. The number of halogens is 1. The first-order chi connectivity index (χ1) is 5.25. The highest BCUT2D eigenvalue weighted by Gasteiger charge is 2.24. The van der Waals surface area contributed by atoms with Crippen LogP contribution >= 0.6 is 11.6 Å². The highest BCUT2D eigenvalue weighted by molar-refractivity contribution is 6.31. The van der Waals surface area contributed by atoms with Crippen molar-refractivity contribution in [3.63, 3.8) is 0 Å². The van der Waals surface area contributed by atoms with Gasteiger partial charge in [0.2, 0.25) is 6.10 Å². The molecule has 0 aromatic carbocycles. The lowest BCUT2D eigenvalue weighted by atomic mass is 10.3. The van der Waals surface area contributed by atoms with E-state index in [1.165, 1.54) is 13.4 Å². The number of esters is 1. The molecule has 1 unspecified atom stereocenters. The van der Waals surface area contributed by atoms with E-state index in [0.29, 0.717) is 5.03 Å². The first-order valence-corrected chi connectivity index (χ1v) is 3.39. The summed E-state index contributed by atoms with van der Waals surface area (Å²) >= 11 is 5.64. The Kier molecular flexibility index (Phi) is 2.54. The molecule has 1 aliphatic rings. The van der Waals surface area contributed by atoms with E-state index in [4.69, 9.17) is 16.3 Å². The van der Waals surface area contributed by atoms with E-state index < -0.39 is 12.1 Å². The summed E-state index contributed by atoms with van der Waals surface area (Å²) in [6.45, 7) is 0. The minimum absolute atomic E-state index is 0.333. The first kappa shape index (κ1) is 8.14. The molecule has 3 nitrogen and oxygen atoms in total. The van der Waals surface area contributed by atoms with Crippen molar-refractivity contribution in [1.29, 1.82) is 0 Å². The van der Waals surface area contributed by atoms with E-state index in [9.17, 15) is 4.79 Å². The Morgan fingerprint density at radius 2 is 2.55 bits per heavy atom. The Bertz CT molecular complexity index is 220. The highest BCUT2D eigenvalue weighted by atomic mass is 35.5. The standard InChI is InChI=1S/C7H7ClO3/c1-10-7(9)6-5(8)3-2-4-11-6/h2-4,6H,1H3. The quantitative estimate of drug-likeness (QED) is 0.561. The fraction of sp³-hybridized carbons (Fsp3) is 0.286. The first-order valence-electron chi connectivity index (χ1n) is 3.01. The van der Waals surface area contributed by atoms with Gasteiger partial charge in [-0.2, -0.15) is 0 Å². The van der Waals surface area contributed by atoms with E-state index in [0.717, 1.165) is 0 Å². The molecule has 0 saturated carbocycles. The van der Waals surface area contributed by atoms with Gasteiger partial charge in [-0.25, -0.2) is 4.79 Å². The number of methoxy groups -OCH3 is 1. The number of rotatable bonds is 1. The van der Waals surface area contributed by atoms with Gasteiger partial charge in [0.1, 0.15) is 0 Å². The summed E-state index contributed by atoms with van der Waals surface area (Å²) in [5.74, 6) is -0.490. The van der Waals surface area contributed by atoms with Crippen molar-refractivity contribution in [2.75, 3.05) is 7.11 Å². The van der Waals surface area contributed by atoms with Gasteiger partial charge in [0.05, 0.1) is 18.4 Å². The number of ether oxygens (including phenoxy) is 2. The number of hydrogen-bond acceptors (Lipinski definition) is 3. The second kappa shape index (κ2) is 3.44. The van der Waals surface area contributed by atoms with Gasteiger partial charge in [-0.05, 0) is 12.2 Å². The molecule has 0 saturated heterocycles. The summed E-state index contributed by atoms with van der Waals surface area (Å²) < 4.78 is 9.32. The van der Waals surface area contributed by atoms with Crippen LogP contribution in [0.4, 0.5) is 0 Å². The third-order valence-corrected chi connectivity index (χ3v) is 1.54. The summed E-state index contributed by atoms with van der Waals surface area (Å²) in [5.41, 5.74) is 0. The lowest BCUT2D eigenvalue weighted by Gasteiger charge is -2.15. The van der Waals surface area contributed by atoms with Crippen LogP contribution in [0, 0.1) is 0 Å². The Morgan fingerprint density at radius 3 is 3.09 bits per heavy atom. The lowest BCUT2D eigenvalue weighted by molar-refractivity contribution is -0.148. The summed E-state index contributed by atoms with van der Waals surface area (Å²) in [7, 11) is 1.29. The topological polar surface area (TPSA) is 35.5 Å². The van der Waals surface area contributed by atoms with E-state index in [1.807, 2.05) is 0 Å². The molecule has 1 atom stereocenters. The molecule has 1 rings (SSSR count). The number of carbonyl (C=O) groups excluding carboxylic acids is 1. The van der Waals surface area contributed by atoms with Crippen molar-refractivity contribution in [3.05, 3.63) is 23.4 Å². The van der Waals surface area contributed by atoms with Gasteiger partial charge >= 0.3 is 5.97 Å². The molecule has 0 bridgehead atoms. The minimum Gasteiger partial charge on any atom is -0.481 e. The summed E-state index contributed by atoms with van der Waals surface area (Å²) in [5, 5.41) is 0.333. The molecule has 0 radical (unpaired) electrons. The van der Waals surface area contributed by atoms with Crippen LogP contribution in [-0.4, -0.2) is 19.2 Å². The SMILES string of the molecule is COC(=O)C1OC=CC=C1Cl. The van der Waals surface area contributed by atoms with Crippen molar-refractivity contribution < 1.29 is 14.3 Å². The number of hydrogen-bond donors (Lipinski definition) is 0. The molecule has 11 heavy (non-hydrogen) atoms. The van der Waals surface area contributed by atoms with Crippen molar-refractivity contribution in [1.82, 2.24) is 0 Å². The monoisotopic (exact) mass is 174 g/mol. The van der Waals surface area contributed by atoms with Gasteiger partial charge in [0.25, 0.3) is 0 Å². The zero-order chi connectivity index (χ0) is 8.27. The zero-order valence-corrected chi connectivity index (χ0v) is 6.67. The molecule has 0 N–H and O–H groups in total. The second-order valence-electron chi connectivity index (χ2n) is 1.92. The maximum absolute atomic E-state index is 10.9. The number of carbonyl (C=O) groups is 1. The molecule has 0 fully saturated rings. The van der Waals surface area contributed by atoms with Gasteiger partial charge in [-0.15, -0.1) is 0 Å². The van der Waals surface area contributed by atoms with E-state index in [2.05, 4.69) is 4.74 Å². The minimum atomic E-state index is -0.785. The summed E-state index contributed by atoms with van der Waals surface area (Å²) in [4.78, 5) is 10.9. The molecule has 0 aromatic rings. The van der Waals surface area contributed by atoms with Gasteiger partial charge in [-0.3, -0.25) is 0 Å². The molecular formula is C7H7ClO3.